The van der Waals surface area contributed by atoms with Crippen molar-refractivity contribution in [1.82, 2.24) is 5.32 Å². The van der Waals surface area contributed by atoms with Crippen LogP contribution in [0.25, 0.3) is 10.8 Å². The summed E-state index contributed by atoms with van der Waals surface area (Å²) in [5.41, 5.74) is 1.09. The molecule has 1 unspecified atom stereocenters. The predicted molar refractivity (Wildman–Crippen MR) is 108 cm³/mol. The van der Waals surface area contributed by atoms with E-state index in [4.69, 9.17) is 9.47 Å². The molecule has 0 heterocycles. The Morgan fingerprint density at radius 3 is 2.56 bits per heavy atom. The largest absolute Gasteiger partial charge is 0.492 e. The lowest BCUT2D eigenvalue weighted by Gasteiger charge is -2.17. The third kappa shape index (κ3) is 5.00. The molecule has 3 aromatic rings. The Balaban J connectivity index is 1.45. The Morgan fingerprint density at radius 1 is 1.00 bits per heavy atom. The van der Waals surface area contributed by atoms with E-state index < -0.39 is 6.10 Å². The summed E-state index contributed by atoms with van der Waals surface area (Å²) >= 11 is 0. The molecule has 0 radical (unpaired) electrons. The first kappa shape index (κ1) is 18.8. The van der Waals surface area contributed by atoms with Crippen LogP contribution in [0.4, 0.5) is 0 Å². The van der Waals surface area contributed by atoms with Crippen LogP contribution in [-0.4, -0.2) is 25.2 Å². The van der Waals surface area contributed by atoms with E-state index in [1.807, 2.05) is 54.6 Å². The molecule has 0 aromatic heterocycles. The van der Waals surface area contributed by atoms with Gasteiger partial charge < -0.3 is 14.8 Å². The van der Waals surface area contributed by atoms with E-state index in [9.17, 15) is 4.79 Å². The fourth-order valence-electron chi connectivity index (χ4n) is 2.90. The van der Waals surface area contributed by atoms with Crippen LogP contribution in [0.5, 0.6) is 11.5 Å². The van der Waals surface area contributed by atoms with Crippen molar-refractivity contribution in [2.45, 2.75) is 26.4 Å². The summed E-state index contributed by atoms with van der Waals surface area (Å²) in [5.74, 6) is 1.40. The summed E-state index contributed by atoms with van der Waals surface area (Å²) in [6, 6.07) is 21.9. The molecule has 0 aliphatic heterocycles. The molecule has 27 heavy (non-hydrogen) atoms. The molecule has 1 N–H and O–H groups in total. The summed E-state index contributed by atoms with van der Waals surface area (Å²) < 4.78 is 11.6. The van der Waals surface area contributed by atoms with Crippen LogP contribution in [0.2, 0.25) is 0 Å². The molecule has 3 rings (SSSR count). The number of para-hydroxylation sites is 1. The first-order valence-corrected chi connectivity index (χ1v) is 9.31. The number of carbonyl (C=O) groups excluding carboxylic acids is 1. The van der Waals surface area contributed by atoms with Crippen molar-refractivity contribution >= 4 is 16.7 Å². The minimum atomic E-state index is -0.557. The number of carbonyl (C=O) groups is 1. The third-order valence-corrected chi connectivity index (χ3v) is 4.42. The van der Waals surface area contributed by atoms with Crippen molar-refractivity contribution in [3.8, 4) is 11.5 Å². The molecule has 4 nitrogen and oxygen atoms in total. The highest BCUT2D eigenvalue weighted by Gasteiger charge is 2.15. The lowest BCUT2D eigenvalue weighted by atomic mass is 10.1. The first-order chi connectivity index (χ1) is 13.2. The average molecular weight is 363 g/mol. The van der Waals surface area contributed by atoms with Gasteiger partial charge in [0, 0.05) is 0 Å². The summed E-state index contributed by atoms with van der Waals surface area (Å²) in [7, 11) is 0. The number of ether oxygens (including phenoxy) is 2. The molecule has 0 saturated carbocycles. The Morgan fingerprint density at radius 2 is 1.74 bits per heavy atom. The fraction of sp³-hybridized carbons (Fsp3) is 0.261. The van der Waals surface area contributed by atoms with Gasteiger partial charge in [0.2, 0.25) is 0 Å². The third-order valence-electron chi connectivity index (χ3n) is 4.42. The zero-order valence-electron chi connectivity index (χ0n) is 15.8. The molecule has 4 heteroatoms. The summed E-state index contributed by atoms with van der Waals surface area (Å²) in [6.07, 6.45) is 0.308. The van der Waals surface area contributed by atoms with Crippen LogP contribution >= 0.6 is 0 Å². The van der Waals surface area contributed by atoms with Crippen molar-refractivity contribution in [2.24, 2.45) is 0 Å². The van der Waals surface area contributed by atoms with Crippen LogP contribution in [0, 0.1) is 0 Å². The Kier molecular flexibility index (Phi) is 6.31. The van der Waals surface area contributed by atoms with Gasteiger partial charge in [-0.05, 0) is 47.9 Å². The van der Waals surface area contributed by atoms with Gasteiger partial charge in [-0.3, -0.25) is 4.79 Å². The summed E-state index contributed by atoms with van der Waals surface area (Å²) in [6.45, 7) is 4.65. The molecule has 3 aromatic carbocycles. The maximum absolute atomic E-state index is 12.2. The number of hydrogen-bond acceptors (Lipinski definition) is 3. The molecule has 0 aliphatic rings. The number of hydrogen-bond donors (Lipinski definition) is 1. The van der Waals surface area contributed by atoms with Crippen molar-refractivity contribution in [1.29, 1.82) is 0 Å². The molecular formula is C23H25NO3. The van der Waals surface area contributed by atoms with E-state index in [2.05, 4.69) is 24.4 Å². The standard InChI is InChI=1S/C23H25NO3/c1-3-18-8-6-7-11-22(18)27-17(2)23(25)24-14-15-26-21-13-12-19-9-4-5-10-20(19)16-21/h4-13,16-17H,3,14-15H2,1-2H3,(H,24,25). The lowest BCUT2D eigenvalue weighted by molar-refractivity contribution is -0.127. The van der Waals surface area contributed by atoms with Crippen LogP contribution in [0.15, 0.2) is 66.7 Å². The second-order valence-corrected chi connectivity index (χ2v) is 6.37. The monoisotopic (exact) mass is 363 g/mol. The number of nitrogens with one attached hydrogen (secondary N) is 1. The maximum Gasteiger partial charge on any atom is 0.260 e. The van der Waals surface area contributed by atoms with E-state index in [0.29, 0.717) is 13.2 Å². The molecule has 0 spiro atoms. The van der Waals surface area contributed by atoms with E-state index >= 15 is 0 Å². The molecule has 1 atom stereocenters. The van der Waals surface area contributed by atoms with Gasteiger partial charge in [0.1, 0.15) is 18.1 Å². The summed E-state index contributed by atoms with van der Waals surface area (Å²) in [5, 5.41) is 5.17. The Bertz CT molecular complexity index is 907. The second kappa shape index (κ2) is 9.08. The molecule has 0 fully saturated rings. The van der Waals surface area contributed by atoms with Crippen molar-refractivity contribution < 1.29 is 14.3 Å². The zero-order chi connectivity index (χ0) is 19.1. The van der Waals surface area contributed by atoms with Crippen LogP contribution in [0.3, 0.4) is 0 Å². The molecule has 0 saturated heterocycles. The second-order valence-electron chi connectivity index (χ2n) is 6.37. The molecule has 1 amide bonds. The van der Waals surface area contributed by atoms with Gasteiger partial charge in [0.15, 0.2) is 6.10 Å². The minimum Gasteiger partial charge on any atom is -0.492 e. The predicted octanol–water partition coefficient (Wildman–Crippen LogP) is 4.36. The first-order valence-electron chi connectivity index (χ1n) is 9.31. The Labute approximate surface area is 160 Å². The number of rotatable bonds is 8. The van der Waals surface area contributed by atoms with Crippen molar-refractivity contribution in [3.05, 3.63) is 72.3 Å². The van der Waals surface area contributed by atoms with Crippen LogP contribution in [0.1, 0.15) is 19.4 Å². The number of amides is 1. The van der Waals surface area contributed by atoms with E-state index in [0.717, 1.165) is 28.9 Å². The van der Waals surface area contributed by atoms with E-state index in [1.54, 1.807) is 6.92 Å². The average Bonchev–Trinajstić information content (AvgIpc) is 2.71. The maximum atomic E-state index is 12.2. The molecule has 140 valence electrons. The van der Waals surface area contributed by atoms with Crippen LogP contribution < -0.4 is 14.8 Å². The molecule has 0 bridgehead atoms. The van der Waals surface area contributed by atoms with Crippen LogP contribution in [-0.2, 0) is 11.2 Å². The van der Waals surface area contributed by atoms with Gasteiger partial charge in [0.05, 0.1) is 6.54 Å². The molecular weight excluding hydrogens is 338 g/mol. The van der Waals surface area contributed by atoms with E-state index in [1.165, 1.54) is 5.39 Å². The topological polar surface area (TPSA) is 47.6 Å². The van der Waals surface area contributed by atoms with Gasteiger partial charge in [-0.2, -0.15) is 0 Å². The van der Waals surface area contributed by atoms with Gasteiger partial charge >= 0.3 is 0 Å². The smallest absolute Gasteiger partial charge is 0.260 e. The van der Waals surface area contributed by atoms with Gasteiger partial charge in [-0.25, -0.2) is 0 Å². The quantitative estimate of drug-likeness (QED) is 0.605. The van der Waals surface area contributed by atoms with Gasteiger partial charge in [-0.1, -0.05) is 55.5 Å². The number of benzene rings is 3. The van der Waals surface area contributed by atoms with Crippen molar-refractivity contribution in [3.63, 3.8) is 0 Å². The SMILES string of the molecule is CCc1ccccc1OC(C)C(=O)NCCOc1ccc2ccccc2c1. The minimum absolute atomic E-state index is 0.150. The summed E-state index contributed by atoms with van der Waals surface area (Å²) in [4.78, 5) is 12.2. The lowest BCUT2D eigenvalue weighted by Crippen LogP contribution is -2.38. The fourth-order valence-corrected chi connectivity index (χ4v) is 2.90. The zero-order valence-corrected chi connectivity index (χ0v) is 15.8. The van der Waals surface area contributed by atoms with Crippen molar-refractivity contribution in [2.75, 3.05) is 13.2 Å². The highest BCUT2D eigenvalue weighted by molar-refractivity contribution is 5.83. The highest BCUT2D eigenvalue weighted by atomic mass is 16.5. The van der Waals surface area contributed by atoms with Gasteiger partial charge in [-0.15, -0.1) is 0 Å². The number of fused-ring (bicyclic) bond motifs is 1. The normalized spacial score (nSPS) is 11.8. The highest BCUT2D eigenvalue weighted by Crippen LogP contribution is 2.21. The molecule has 0 aliphatic carbocycles. The van der Waals surface area contributed by atoms with Gasteiger partial charge in [0.25, 0.3) is 5.91 Å². The Hall–Kier alpha value is -3.01. The van der Waals surface area contributed by atoms with E-state index in [-0.39, 0.29) is 5.91 Å². The number of aryl methyl sites for hydroxylation is 1.